The molecule has 0 aliphatic carbocycles. The average molecular weight is 397 g/mol. The molecule has 138 valence electrons. The van der Waals surface area contributed by atoms with E-state index < -0.39 is 22.2 Å². The van der Waals surface area contributed by atoms with Gasteiger partial charge in [0.05, 0.1) is 18.7 Å². The molecule has 1 aliphatic rings. The smallest absolute Gasteiger partial charge is 0.414 e. The Bertz CT molecular complexity index is 902. The molecule has 1 amide bonds. The Morgan fingerprint density at radius 2 is 1.92 bits per heavy atom. The number of carbonyl (C=O) groups is 1. The van der Waals surface area contributed by atoms with E-state index in [-0.39, 0.29) is 23.0 Å². The van der Waals surface area contributed by atoms with Gasteiger partial charge in [-0.05, 0) is 36.4 Å². The second-order valence-corrected chi connectivity index (χ2v) is 7.74. The summed E-state index contributed by atoms with van der Waals surface area (Å²) >= 11 is 5.93. The lowest BCUT2D eigenvalue weighted by Gasteiger charge is -2.14. The van der Waals surface area contributed by atoms with Crippen molar-refractivity contribution in [1.82, 2.24) is 4.72 Å². The molecular weight excluding hydrogens is 380 g/mol. The lowest BCUT2D eigenvalue weighted by atomic mass is 10.2. The van der Waals surface area contributed by atoms with Gasteiger partial charge in [0, 0.05) is 12.2 Å². The number of carbonyl (C=O) groups excluding carboxylic acids is 1. The van der Waals surface area contributed by atoms with Crippen LogP contribution in [0.4, 0.5) is 10.5 Å². The first-order chi connectivity index (χ1) is 12.4. The van der Waals surface area contributed by atoms with Crippen LogP contribution in [0.25, 0.3) is 0 Å². The molecule has 0 bridgehead atoms. The number of halogens is 1. The maximum Gasteiger partial charge on any atom is 0.414 e. The zero-order chi connectivity index (χ0) is 18.7. The van der Waals surface area contributed by atoms with E-state index in [1.54, 1.807) is 43.5 Å². The maximum absolute atomic E-state index is 12.3. The number of hydrogen-bond donors (Lipinski definition) is 1. The van der Waals surface area contributed by atoms with Crippen molar-refractivity contribution in [3.8, 4) is 5.75 Å². The summed E-state index contributed by atoms with van der Waals surface area (Å²) < 4.78 is 37.5. The van der Waals surface area contributed by atoms with Gasteiger partial charge in [-0.2, -0.15) is 0 Å². The molecule has 7 nitrogen and oxygen atoms in total. The molecule has 9 heteroatoms. The summed E-state index contributed by atoms with van der Waals surface area (Å²) in [6.45, 7) is 0.183. The number of amides is 1. The molecule has 1 saturated heterocycles. The Balaban J connectivity index is 1.65. The van der Waals surface area contributed by atoms with Crippen LogP contribution in [0.1, 0.15) is 0 Å². The van der Waals surface area contributed by atoms with Gasteiger partial charge in [-0.15, -0.1) is 0 Å². The fourth-order valence-corrected chi connectivity index (χ4v) is 4.13. The zero-order valence-electron chi connectivity index (χ0n) is 13.9. The van der Waals surface area contributed by atoms with Crippen molar-refractivity contribution in [2.45, 2.75) is 11.0 Å². The molecule has 0 spiro atoms. The van der Waals surface area contributed by atoms with Crippen LogP contribution in [0.5, 0.6) is 5.75 Å². The maximum atomic E-state index is 12.3. The molecule has 1 N–H and O–H groups in total. The first-order valence-electron chi connectivity index (χ1n) is 7.77. The largest absolute Gasteiger partial charge is 0.497 e. The number of anilines is 1. The molecule has 1 unspecified atom stereocenters. The predicted octanol–water partition coefficient (Wildman–Crippen LogP) is 2.65. The molecule has 1 aliphatic heterocycles. The van der Waals surface area contributed by atoms with E-state index >= 15 is 0 Å². The number of methoxy groups -OCH3 is 1. The number of nitrogens with one attached hydrogen (secondary N) is 1. The van der Waals surface area contributed by atoms with Gasteiger partial charge in [-0.3, -0.25) is 4.90 Å². The Hall–Kier alpha value is -2.29. The van der Waals surface area contributed by atoms with E-state index in [9.17, 15) is 13.2 Å². The quantitative estimate of drug-likeness (QED) is 0.811. The van der Waals surface area contributed by atoms with Gasteiger partial charge in [-0.1, -0.05) is 23.7 Å². The number of benzene rings is 2. The Kier molecular flexibility index (Phi) is 5.36. The number of ether oxygens (including phenoxy) is 2. The third kappa shape index (κ3) is 3.92. The third-order valence-corrected chi connectivity index (χ3v) is 5.81. The summed E-state index contributed by atoms with van der Waals surface area (Å²) in [6, 6.07) is 13.1. The summed E-state index contributed by atoms with van der Waals surface area (Å²) in [5.41, 5.74) is 0.646. The molecule has 1 atom stereocenters. The van der Waals surface area contributed by atoms with Crippen LogP contribution in [-0.2, 0) is 14.8 Å². The van der Waals surface area contributed by atoms with Gasteiger partial charge in [0.15, 0.2) is 0 Å². The van der Waals surface area contributed by atoms with Crippen LogP contribution in [0.3, 0.4) is 0 Å². The van der Waals surface area contributed by atoms with Crippen molar-refractivity contribution in [1.29, 1.82) is 0 Å². The molecular formula is C17H17ClN2O5S. The molecule has 2 aromatic rings. The van der Waals surface area contributed by atoms with Gasteiger partial charge in [0.1, 0.15) is 16.7 Å². The van der Waals surface area contributed by atoms with Crippen molar-refractivity contribution in [3.63, 3.8) is 0 Å². The molecule has 1 heterocycles. The van der Waals surface area contributed by atoms with Crippen LogP contribution in [0, 0.1) is 0 Å². The number of rotatable bonds is 6. The highest BCUT2D eigenvalue weighted by Crippen LogP contribution is 2.24. The summed E-state index contributed by atoms with van der Waals surface area (Å²) in [7, 11) is -2.24. The van der Waals surface area contributed by atoms with Gasteiger partial charge < -0.3 is 9.47 Å². The van der Waals surface area contributed by atoms with Gasteiger partial charge in [-0.25, -0.2) is 17.9 Å². The van der Waals surface area contributed by atoms with Crippen molar-refractivity contribution in [3.05, 3.63) is 53.6 Å². The molecule has 0 saturated carbocycles. The predicted molar refractivity (Wildman–Crippen MR) is 97.2 cm³/mol. The van der Waals surface area contributed by atoms with Crippen LogP contribution in [-0.4, -0.2) is 40.8 Å². The van der Waals surface area contributed by atoms with Crippen molar-refractivity contribution in [2.24, 2.45) is 0 Å². The highest BCUT2D eigenvalue weighted by molar-refractivity contribution is 7.89. The Morgan fingerprint density at radius 1 is 1.23 bits per heavy atom. The summed E-state index contributed by atoms with van der Waals surface area (Å²) in [4.78, 5) is 13.5. The molecule has 3 rings (SSSR count). The standard InChI is InChI=1S/C17H17ClN2O5S/c1-24-13-8-6-12(7-9-13)20-11-14(25-17(20)21)10-19-26(22,23)16-5-3-2-4-15(16)18/h2-9,14,19H,10-11H2,1H3. The van der Waals surface area contributed by atoms with Crippen molar-refractivity contribution < 1.29 is 22.7 Å². The minimum atomic E-state index is -3.80. The lowest BCUT2D eigenvalue weighted by Crippen LogP contribution is -2.34. The normalized spacial score (nSPS) is 17.2. The van der Waals surface area contributed by atoms with Crippen LogP contribution < -0.4 is 14.4 Å². The lowest BCUT2D eigenvalue weighted by molar-refractivity contribution is 0.143. The topological polar surface area (TPSA) is 84.9 Å². The van der Waals surface area contributed by atoms with Gasteiger partial charge in [0.2, 0.25) is 10.0 Å². The SMILES string of the molecule is COc1ccc(N2CC(CNS(=O)(=O)c3ccccc3Cl)OC2=O)cc1. The van der Waals surface area contributed by atoms with Gasteiger partial charge >= 0.3 is 6.09 Å². The van der Waals surface area contributed by atoms with Crippen molar-refractivity contribution >= 4 is 33.4 Å². The van der Waals surface area contributed by atoms with E-state index in [0.29, 0.717) is 11.4 Å². The van der Waals surface area contributed by atoms with Crippen LogP contribution >= 0.6 is 11.6 Å². The second kappa shape index (κ2) is 7.53. The number of cyclic esters (lactones) is 1. The highest BCUT2D eigenvalue weighted by Gasteiger charge is 2.33. The summed E-state index contributed by atoms with van der Waals surface area (Å²) in [5, 5.41) is 0.128. The fourth-order valence-electron chi connectivity index (χ4n) is 2.54. The molecule has 26 heavy (non-hydrogen) atoms. The monoisotopic (exact) mass is 396 g/mol. The molecule has 1 fully saturated rings. The van der Waals surface area contributed by atoms with Crippen LogP contribution in [0.2, 0.25) is 5.02 Å². The average Bonchev–Trinajstić information content (AvgIpc) is 3.01. The molecule has 0 radical (unpaired) electrons. The zero-order valence-corrected chi connectivity index (χ0v) is 15.5. The fraction of sp³-hybridized carbons (Fsp3) is 0.235. The van der Waals surface area contributed by atoms with E-state index in [1.807, 2.05) is 0 Å². The van der Waals surface area contributed by atoms with E-state index in [2.05, 4.69) is 4.72 Å². The first kappa shape index (κ1) is 18.5. The number of sulfonamides is 1. The first-order valence-corrected chi connectivity index (χ1v) is 9.63. The van der Waals surface area contributed by atoms with Gasteiger partial charge in [0.25, 0.3) is 0 Å². The third-order valence-electron chi connectivity index (χ3n) is 3.89. The number of hydrogen-bond acceptors (Lipinski definition) is 5. The number of nitrogens with zero attached hydrogens (tertiary/aromatic N) is 1. The van der Waals surface area contributed by atoms with E-state index in [1.165, 1.54) is 17.0 Å². The second-order valence-electron chi connectivity index (χ2n) is 5.60. The van der Waals surface area contributed by atoms with Crippen LogP contribution in [0.15, 0.2) is 53.4 Å². The van der Waals surface area contributed by atoms with E-state index in [4.69, 9.17) is 21.1 Å². The van der Waals surface area contributed by atoms with Crippen molar-refractivity contribution in [2.75, 3.05) is 25.1 Å². The Morgan fingerprint density at radius 3 is 2.58 bits per heavy atom. The highest BCUT2D eigenvalue weighted by atomic mass is 35.5. The summed E-state index contributed by atoms with van der Waals surface area (Å²) in [5.74, 6) is 0.672. The minimum absolute atomic E-state index is 0.0157. The molecule has 0 aromatic heterocycles. The van der Waals surface area contributed by atoms with E-state index in [0.717, 1.165) is 0 Å². The Labute approximate surface area is 156 Å². The molecule has 2 aromatic carbocycles. The summed E-state index contributed by atoms with van der Waals surface area (Å²) in [6.07, 6.45) is -1.14. The minimum Gasteiger partial charge on any atom is -0.497 e.